The van der Waals surface area contributed by atoms with Crippen LogP contribution in [0, 0.1) is 11.3 Å². The van der Waals surface area contributed by atoms with E-state index in [1.165, 1.54) is 0 Å². The second-order valence-corrected chi connectivity index (χ2v) is 7.70. The van der Waals surface area contributed by atoms with Crippen LogP contribution in [0.25, 0.3) is 0 Å². The van der Waals surface area contributed by atoms with Crippen molar-refractivity contribution in [1.29, 1.82) is 0 Å². The van der Waals surface area contributed by atoms with Gasteiger partial charge < -0.3 is 25.6 Å². The van der Waals surface area contributed by atoms with Crippen molar-refractivity contribution in [3.8, 4) is 0 Å². The van der Waals surface area contributed by atoms with Crippen LogP contribution in [0.2, 0.25) is 0 Å². The fourth-order valence-electron chi connectivity index (χ4n) is 2.56. The van der Waals surface area contributed by atoms with Crippen molar-refractivity contribution in [2.75, 3.05) is 6.61 Å². The maximum Gasteiger partial charge on any atom is 0.408 e. The van der Waals surface area contributed by atoms with Crippen LogP contribution in [0.15, 0.2) is 43.0 Å². The number of aliphatic hydroxyl groups excluding tert-OH is 2. The van der Waals surface area contributed by atoms with Crippen LogP contribution in [0.5, 0.6) is 0 Å². The number of nitrogens with one attached hydrogen (secondary N) is 2. The predicted octanol–water partition coefficient (Wildman–Crippen LogP) is 1.99. The number of alkyl carbamates (subject to hydrolysis) is 1. The van der Waals surface area contributed by atoms with Crippen molar-refractivity contribution >= 4 is 12.0 Å². The number of rotatable bonds is 10. The molecule has 0 unspecified atom stereocenters. The van der Waals surface area contributed by atoms with Crippen LogP contribution in [-0.4, -0.2) is 47.0 Å². The molecule has 7 heteroatoms. The van der Waals surface area contributed by atoms with Gasteiger partial charge in [0.2, 0.25) is 5.91 Å². The van der Waals surface area contributed by atoms with Gasteiger partial charge in [0.1, 0.15) is 12.6 Å². The van der Waals surface area contributed by atoms with Gasteiger partial charge in [-0.15, -0.1) is 6.58 Å². The van der Waals surface area contributed by atoms with Gasteiger partial charge in [-0.25, -0.2) is 4.79 Å². The molecule has 0 spiro atoms. The standard InChI is InChI=1S/C21H32N2O5/c1-6-21(4,5)18(25)16(12-24)22-19(26)17(14(2)3)23-20(27)28-13-15-10-8-7-9-11-15/h6-11,14,16-18,24-25H,1,12-13H2,2-5H3,(H,22,26)(H,23,27)/t16-,17-,18+/m0/s1. The second kappa shape index (κ2) is 10.8. The summed E-state index contributed by atoms with van der Waals surface area (Å²) in [4.78, 5) is 24.8. The van der Waals surface area contributed by atoms with Gasteiger partial charge in [0, 0.05) is 5.41 Å². The van der Waals surface area contributed by atoms with Crippen LogP contribution in [0.4, 0.5) is 4.79 Å². The molecule has 2 amide bonds. The van der Waals surface area contributed by atoms with Crippen molar-refractivity contribution in [3.63, 3.8) is 0 Å². The molecule has 0 aliphatic carbocycles. The lowest BCUT2D eigenvalue weighted by atomic mass is 9.82. The zero-order valence-electron chi connectivity index (χ0n) is 17.0. The summed E-state index contributed by atoms with van der Waals surface area (Å²) in [6.45, 7) is 10.4. The van der Waals surface area contributed by atoms with Gasteiger partial charge in [-0.1, -0.05) is 64.1 Å². The van der Waals surface area contributed by atoms with Crippen molar-refractivity contribution < 1.29 is 24.5 Å². The van der Waals surface area contributed by atoms with E-state index < -0.39 is 42.2 Å². The second-order valence-electron chi connectivity index (χ2n) is 7.70. The molecule has 3 atom stereocenters. The van der Waals surface area contributed by atoms with Gasteiger partial charge in [-0.05, 0) is 11.5 Å². The van der Waals surface area contributed by atoms with Crippen molar-refractivity contribution in [2.45, 2.75) is 52.5 Å². The summed E-state index contributed by atoms with van der Waals surface area (Å²) in [6.07, 6.45) is -0.201. The summed E-state index contributed by atoms with van der Waals surface area (Å²) < 4.78 is 5.17. The van der Waals surface area contributed by atoms with E-state index in [2.05, 4.69) is 17.2 Å². The predicted molar refractivity (Wildman–Crippen MR) is 107 cm³/mol. The summed E-state index contributed by atoms with van der Waals surface area (Å²) in [6, 6.07) is 7.42. The third-order valence-electron chi connectivity index (χ3n) is 4.63. The fraction of sp³-hybridized carbons (Fsp3) is 0.524. The third-order valence-corrected chi connectivity index (χ3v) is 4.63. The van der Waals surface area contributed by atoms with Crippen LogP contribution >= 0.6 is 0 Å². The molecule has 0 fully saturated rings. The zero-order valence-corrected chi connectivity index (χ0v) is 17.0. The van der Waals surface area contributed by atoms with Crippen LogP contribution in [0.3, 0.4) is 0 Å². The Morgan fingerprint density at radius 3 is 2.32 bits per heavy atom. The highest BCUT2D eigenvalue weighted by molar-refractivity contribution is 5.86. The van der Waals surface area contributed by atoms with E-state index in [0.717, 1.165) is 5.56 Å². The quantitative estimate of drug-likeness (QED) is 0.456. The maximum atomic E-state index is 12.7. The Bertz CT molecular complexity index is 645. The topological polar surface area (TPSA) is 108 Å². The number of amides is 2. The Morgan fingerprint density at radius 2 is 1.82 bits per heavy atom. The molecule has 0 saturated carbocycles. The van der Waals surface area contributed by atoms with Crippen LogP contribution in [-0.2, 0) is 16.1 Å². The summed E-state index contributed by atoms with van der Waals surface area (Å²) in [5.41, 5.74) is 0.120. The first-order valence-electron chi connectivity index (χ1n) is 9.32. The Labute approximate surface area is 166 Å². The smallest absolute Gasteiger partial charge is 0.408 e. The normalized spacial score (nSPS) is 14.7. The number of ether oxygens (including phenoxy) is 1. The van der Waals surface area contributed by atoms with Gasteiger partial charge in [-0.3, -0.25) is 4.79 Å². The monoisotopic (exact) mass is 392 g/mol. The van der Waals surface area contributed by atoms with E-state index >= 15 is 0 Å². The average molecular weight is 392 g/mol. The molecule has 0 bridgehead atoms. The van der Waals surface area contributed by atoms with E-state index in [0.29, 0.717) is 0 Å². The molecule has 7 nitrogen and oxygen atoms in total. The Hall–Kier alpha value is -2.38. The molecule has 0 heterocycles. The molecule has 0 radical (unpaired) electrons. The largest absolute Gasteiger partial charge is 0.445 e. The molecule has 0 saturated heterocycles. The molecular formula is C21H32N2O5. The summed E-state index contributed by atoms with van der Waals surface area (Å²) in [5.74, 6) is -0.738. The molecule has 1 aromatic carbocycles. The van der Waals surface area contributed by atoms with Gasteiger partial charge in [-0.2, -0.15) is 0 Å². The molecule has 156 valence electrons. The number of aliphatic hydroxyl groups is 2. The van der Waals surface area contributed by atoms with Gasteiger partial charge >= 0.3 is 6.09 Å². The van der Waals surface area contributed by atoms with Crippen molar-refractivity contribution in [1.82, 2.24) is 10.6 Å². The van der Waals surface area contributed by atoms with E-state index in [9.17, 15) is 19.8 Å². The summed E-state index contributed by atoms with van der Waals surface area (Å²) in [7, 11) is 0. The summed E-state index contributed by atoms with van der Waals surface area (Å²) >= 11 is 0. The number of carbonyl (C=O) groups is 2. The first kappa shape index (κ1) is 23.7. The Morgan fingerprint density at radius 1 is 1.21 bits per heavy atom. The molecule has 4 N–H and O–H groups in total. The first-order valence-corrected chi connectivity index (χ1v) is 9.32. The molecule has 0 aliphatic rings. The molecular weight excluding hydrogens is 360 g/mol. The highest BCUT2D eigenvalue weighted by Gasteiger charge is 2.34. The van der Waals surface area contributed by atoms with Crippen LogP contribution in [0.1, 0.15) is 33.3 Å². The highest BCUT2D eigenvalue weighted by atomic mass is 16.5. The van der Waals surface area contributed by atoms with E-state index in [4.69, 9.17) is 4.74 Å². The number of hydrogen-bond donors (Lipinski definition) is 4. The summed E-state index contributed by atoms with van der Waals surface area (Å²) in [5, 5.41) is 25.2. The minimum absolute atomic E-state index is 0.0879. The highest BCUT2D eigenvalue weighted by Crippen LogP contribution is 2.24. The van der Waals surface area contributed by atoms with Crippen LogP contribution < -0.4 is 10.6 Å². The van der Waals surface area contributed by atoms with Gasteiger partial charge in [0.05, 0.1) is 18.8 Å². The average Bonchev–Trinajstić information content (AvgIpc) is 2.68. The number of hydrogen-bond acceptors (Lipinski definition) is 5. The third kappa shape index (κ3) is 6.98. The minimum atomic E-state index is -1.04. The zero-order chi connectivity index (χ0) is 21.3. The number of benzene rings is 1. The first-order chi connectivity index (χ1) is 13.1. The molecule has 1 aromatic rings. The molecule has 0 aromatic heterocycles. The lowest BCUT2D eigenvalue weighted by Gasteiger charge is -2.34. The maximum absolute atomic E-state index is 12.7. The van der Waals surface area contributed by atoms with Crippen molar-refractivity contribution in [2.24, 2.45) is 11.3 Å². The molecule has 28 heavy (non-hydrogen) atoms. The van der Waals surface area contributed by atoms with Gasteiger partial charge in [0.15, 0.2) is 0 Å². The lowest BCUT2D eigenvalue weighted by Crippen LogP contribution is -2.57. The van der Waals surface area contributed by atoms with E-state index in [1.807, 2.05) is 30.3 Å². The SMILES string of the molecule is C=CC(C)(C)[C@H](O)[C@H](CO)NC(=O)[C@@H](NC(=O)OCc1ccccc1)C(C)C. The van der Waals surface area contributed by atoms with E-state index in [1.54, 1.807) is 33.8 Å². The fourth-order valence-corrected chi connectivity index (χ4v) is 2.56. The number of carbonyl (C=O) groups excluding carboxylic acids is 2. The van der Waals surface area contributed by atoms with Gasteiger partial charge in [0.25, 0.3) is 0 Å². The van der Waals surface area contributed by atoms with E-state index in [-0.39, 0.29) is 12.5 Å². The lowest BCUT2D eigenvalue weighted by molar-refractivity contribution is -0.126. The molecule has 0 aliphatic heterocycles. The minimum Gasteiger partial charge on any atom is -0.445 e. The Kier molecular flexibility index (Phi) is 9.15. The molecule has 1 rings (SSSR count). The Balaban J connectivity index is 2.71. The van der Waals surface area contributed by atoms with Crippen molar-refractivity contribution in [3.05, 3.63) is 48.6 Å².